The van der Waals surface area contributed by atoms with Crippen LogP contribution >= 0.6 is 0 Å². The Bertz CT molecular complexity index is 709. The van der Waals surface area contributed by atoms with E-state index in [2.05, 4.69) is 15.8 Å². The zero-order valence-corrected chi connectivity index (χ0v) is 14.4. The lowest BCUT2D eigenvalue weighted by molar-refractivity contribution is -0.116. The number of nitrogens with zero attached hydrogens (tertiary/aromatic N) is 1. The van der Waals surface area contributed by atoms with Crippen molar-refractivity contribution < 1.29 is 9.59 Å². The second-order valence-corrected chi connectivity index (χ2v) is 5.67. The summed E-state index contributed by atoms with van der Waals surface area (Å²) in [5.74, 6) is -0.294. The predicted octanol–water partition coefficient (Wildman–Crippen LogP) is 3.77. The molecule has 0 aliphatic rings. The molecule has 0 spiro atoms. The first-order valence-corrected chi connectivity index (χ1v) is 8.44. The van der Waals surface area contributed by atoms with Gasteiger partial charge in [0.15, 0.2) is 0 Å². The molecule has 130 valence electrons. The quantitative estimate of drug-likeness (QED) is 0.568. The molecule has 2 amide bonds. The molecule has 0 aliphatic carbocycles. The number of carbonyl (C=O) groups is 2. The maximum atomic E-state index is 12.0. The highest BCUT2D eigenvalue weighted by atomic mass is 16.2. The van der Waals surface area contributed by atoms with E-state index >= 15 is 0 Å². The maximum Gasteiger partial charge on any atom is 0.271 e. The molecule has 0 heterocycles. The van der Waals surface area contributed by atoms with Crippen LogP contribution in [0.2, 0.25) is 0 Å². The molecule has 0 unspecified atom stereocenters. The van der Waals surface area contributed by atoms with Crippen LogP contribution in [0.3, 0.4) is 0 Å². The first-order valence-electron chi connectivity index (χ1n) is 8.44. The van der Waals surface area contributed by atoms with Crippen molar-refractivity contribution in [1.29, 1.82) is 0 Å². The van der Waals surface area contributed by atoms with E-state index in [0.717, 1.165) is 18.4 Å². The molecule has 0 fully saturated rings. The van der Waals surface area contributed by atoms with Crippen molar-refractivity contribution in [2.24, 2.45) is 5.10 Å². The number of anilines is 1. The van der Waals surface area contributed by atoms with E-state index in [4.69, 9.17) is 0 Å². The van der Waals surface area contributed by atoms with Crippen molar-refractivity contribution in [3.8, 4) is 0 Å². The van der Waals surface area contributed by atoms with E-state index in [1.807, 2.05) is 37.3 Å². The SMILES string of the molecule is CCCCC(=O)Nc1ccc(C(=O)N/N=C/Cc2ccccc2)cc1. The Kier molecular flexibility index (Phi) is 7.38. The van der Waals surface area contributed by atoms with Crippen molar-refractivity contribution in [1.82, 2.24) is 5.43 Å². The Balaban J connectivity index is 1.80. The van der Waals surface area contributed by atoms with Gasteiger partial charge in [0.1, 0.15) is 0 Å². The smallest absolute Gasteiger partial charge is 0.271 e. The molecule has 5 heteroatoms. The van der Waals surface area contributed by atoms with E-state index in [1.54, 1.807) is 30.5 Å². The fourth-order valence-corrected chi connectivity index (χ4v) is 2.20. The second-order valence-electron chi connectivity index (χ2n) is 5.67. The third-order valence-electron chi connectivity index (χ3n) is 3.62. The lowest BCUT2D eigenvalue weighted by atomic mass is 10.2. The Morgan fingerprint density at radius 2 is 1.76 bits per heavy atom. The van der Waals surface area contributed by atoms with E-state index in [0.29, 0.717) is 24.1 Å². The molecule has 25 heavy (non-hydrogen) atoms. The average molecular weight is 337 g/mol. The number of hydrazone groups is 1. The van der Waals surface area contributed by atoms with Gasteiger partial charge in [-0.3, -0.25) is 9.59 Å². The fraction of sp³-hybridized carbons (Fsp3) is 0.250. The third kappa shape index (κ3) is 6.59. The summed E-state index contributed by atoms with van der Waals surface area (Å²) in [6.45, 7) is 2.04. The molecule has 2 N–H and O–H groups in total. The van der Waals surface area contributed by atoms with Gasteiger partial charge in [-0.2, -0.15) is 5.10 Å². The summed E-state index contributed by atoms with van der Waals surface area (Å²) >= 11 is 0. The summed E-state index contributed by atoms with van der Waals surface area (Å²) in [6, 6.07) is 16.6. The topological polar surface area (TPSA) is 70.6 Å². The third-order valence-corrected chi connectivity index (χ3v) is 3.62. The molecule has 0 saturated carbocycles. The monoisotopic (exact) mass is 337 g/mol. The minimum absolute atomic E-state index is 0.00966. The van der Waals surface area contributed by atoms with E-state index < -0.39 is 0 Å². The average Bonchev–Trinajstić information content (AvgIpc) is 2.65. The van der Waals surface area contributed by atoms with Crippen LogP contribution in [-0.2, 0) is 11.2 Å². The number of nitrogens with one attached hydrogen (secondary N) is 2. The van der Waals surface area contributed by atoms with Crippen molar-refractivity contribution in [2.45, 2.75) is 32.6 Å². The first-order chi connectivity index (χ1) is 12.2. The van der Waals surface area contributed by atoms with Crippen LogP contribution in [0.1, 0.15) is 42.1 Å². The molecule has 0 aromatic heterocycles. The van der Waals surface area contributed by atoms with E-state index in [-0.39, 0.29) is 11.8 Å². The number of amides is 2. The van der Waals surface area contributed by atoms with Gasteiger partial charge in [0.2, 0.25) is 5.91 Å². The van der Waals surface area contributed by atoms with Gasteiger partial charge in [-0.1, -0.05) is 43.7 Å². The summed E-state index contributed by atoms with van der Waals surface area (Å²) in [5, 5.41) is 6.77. The second kappa shape index (κ2) is 10.0. The van der Waals surface area contributed by atoms with Crippen LogP contribution in [0.25, 0.3) is 0 Å². The molecule has 2 rings (SSSR count). The van der Waals surface area contributed by atoms with Gasteiger partial charge < -0.3 is 5.32 Å². The van der Waals surface area contributed by atoms with Crippen LogP contribution in [0.5, 0.6) is 0 Å². The van der Waals surface area contributed by atoms with Crippen molar-refractivity contribution >= 4 is 23.7 Å². The molecule has 0 saturated heterocycles. The van der Waals surface area contributed by atoms with Gasteiger partial charge in [-0.25, -0.2) is 5.43 Å². The van der Waals surface area contributed by atoms with Gasteiger partial charge in [0.05, 0.1) is 0 Å². The Morgan fingerprint density at radius 3 is 2.44 bits per heavy atom. The molecule has 5 nitrogen and oxygen atoms in total. The molecule has 0 bridgehead atoms. The minimum Gasteiger partial charge on any atom is -0.326 e. The largest absolute Gasteiger partial charge is 0.326 e. The number of benzene rings is 2. The number of rotatable bonds is 8. The molecular weight excluding hydrogens is 314 g/mol. The van der Waals surface area contributed by atoms with Crippen molar-refractivity contribution in [3.63, 3.8) is 0 Å². The van der Waals surface area contributed by atoms with E-state index in [9.17, 15) is 9.59 Å². The molecule has 0 aliphatic heterocycles. The van der Waals surface area contributed by atoms with Gasteiger partial charge in [0, 0.05) is 30.3 Å². The summed E-state index contributed by atoms with van der Waals surface area (Å²) < 4.78 is 0. The zero-order chi connectivity index (χ0) is 17.9. The van der Waals surface area contributed by atoms with Crippen LogP contribution in [0.15, 0.2) is 59.7 Å². The number of unbranched alkanes of at least 4 members (excludes halogenated alkanes) is 1. The number of hydrogen-bond acceptors (Lipinski definition) is 3. The summed E-state index contributed by atoms with van der Waals surface area (Å²) in [5.41, 5.74) is 4.80. The molecule has 0 radical (unpaired) electrons. The molecular formula is C20H23N3O2. The lowest BCUT2D eigenvalue weighted by Gasteiger charge is -2.05. The van der Waals surface area contributed by atoms with Crippen LogP contribution in [-0.4, -0.2) is 18.0 Å². The minimum atomic E-state index is -0.284. The highest BCUT2D eigenvalue weighted by Gasteiger charge is 2.05. The van der Waals surface area contributed by atoms with Crippen LogP contribution < -0.4 is 10.7 Å². The molecule has 0 atom stereocenters. The zero-order valence-electron chi connectivity index (χ0n) is 14.4. The van der Waals surface area contributed by atoms with Gasteiger partial charge in [0.25, 0.3) is 5.91 Å². The Labute approximate surface area is 148 Å². The van der Waals surface area contributed by atoms with Gasteiger partial charge in [-0.05, 0) is 36.2 Å². The summed E-state index contributed by atoms with van der Waals surface area (Å²) in [4.78, 5) is 23.7. The molecule has 2 aromatic carbocycles. The number of hydrogen-bond donors (Lipinski definition) is 2. The van der Waals surface area contributed by atoms with Crippen LogP contribution in [0, 0.1) is 0 Å². The van der Waals surface area contributed by atoms with E-state index in [1.165, 1.54) is 0 Å². The number of carbonyl (C=O) groups excluding carboxylic acids is 2. The summed E-state index contributed by atoms with van der Waals surface area (Å²) in [6.07, 6.45) is 4.68. The normalized spacial score (nSPS) is 10.6. The Morgan fingerprint density at radius 1 is 1.04 bits per heavy atom. The van der Waals surface area contributed by atoms with Crippen molar-refractivity contribution in [3.05, 3.63) is 65.7 Å². The first kappa shape index (κ1) is 18.4. The van der Waals surface area contributed by atoms with Gasteiger partial charge >= 0.3 is 0 Å². The van der Waals surface area contributed by atoms with Crippen LogP contribution in [0.4, 0.5) is 5.69 Å². The Hall–Kier alpha value is -2.95. The van der Waals surface area contributed by atoms with Gasteiger partial charge in [-0.15, -0.1) is 0 Å². The highest BCUT2D eigenvalue weighted by Crippen LogP contribution is 2.10. The molecule has 2 aromatic rings. The lowest BCUT2D eigenvalue weighted by Crippen LogP contribution is -2.18. The standard InChI is InChI=1S/C20H23N3O2/c1-2-3-9-19(24)22-18-12-10-17(11-13-18)20(25)23-21-15-14-16-7-5-4-6-8-16/h4-8,10-13,15H,2-3,9,14H2,1H3,(H,22,24)(H,23,25)/b21-15+. The highest BCUT2D eigenvalue weighted by molar-refractivity contribution is 5.95. The summed E-state index contributed by atoms with van der Waals surface area (Å²) in [7, 11) is 0. The predicted molar refractivity (Wildman–Crippen MR) is 101 cm³/mol. The fourth-order valence-electron chi connectivity index (χ4n) is 2.20. The maximum absolute atomic E-state index is 12.0. The van der Waals surface area contributed by atoms with Crippen molar-refractivity contribution in [2.75, 3.05) is 5.32 Å².